The van der Waals surface area contributed by atoms with Crippen LogP contribution in [0.25, 0.3) is 21.2 Å². The number of hydrogen-bond acceptors (Lipinski definition) is 7. The number of carbonyl (C=O) groups is 1. The highest BCUT2D eigenvalue weighted by atomic mass is 32.1. The molecule has 33 heavy (non-hydrogen) atoms. The molecule has 0 bridgehead atoms. The van der Waals surface area contributed by atoms with Gasteiger partial charge in [0, 0.05) is 36.4 Å². The van der Waals surface area contributed by atoms with E-state index in [-0.39, 0.29) is 17.9 Å². The molecule has 3 aromatic heterocycles. The lowest BCUT2D eigenvalue weighted by Crippen LogP contribution is -2.49. The van der Waals surface area contributed by atoms with Crippen LogP contribution in [0.5, 0.6) is 0 Å². The smallest absolute Gasteiger partial charge is 0.259 e. The van der Waals surface area contributed by atoms with Crippen LogP contribution in [0.1, 0.15) is 34.8 Å². The standard InChI is InChI=1S/C24H25N5O3S/c30-21(13-17-15-5-1-3-7-18(15)32-27-17)29-11-9-28(10-12-29)14-20-25-23(31)22-16-6-2-4-8-19(16)33-24(22)26-20/h1,3,5,7H,2,4,6,8-14H2,(H,25,26,31). The molecule has 4 heterocycles. The third-order valence-electron chi connectivity index (χ3n) is 6.74. The maximum atomic E-state index is 12.8. The zero-order valence-electron chi connectivity index (χ0n) is 18.3. The molecule has 4 aromatic rings. The number of nitrogens with one attached hydrogen (secondary N) is 1. The van der Waals surface area contributed by atoms with Crippen LogP contribution >= 0.6 is 11.3 Å². The lowest BCUT2D eigenvalue weighted by molar-refractivity contribution is -0.132. The number of nitrogens with zero attached hydrogens (tertiary/aromatic N) is 4. The zero-order valence-corrected chi connectivity index (χ0v) is 19.1. The first-order chi connectivity index (χ1) is 16.2. The fourth-order valence-electron chi connectivity index (χ4n) is 4.97. The zero-order chi connectivity index (χ0) is 22.4. The van der Waals surface area contributed by atoms with Crippen molar-refractivity contribution < 1.29 is 9.32 Å². The summed E-state index contributed by atoms with van der Waals surface area (Å²) in [6.45, 7) is 3.37. The number of piperazine rings is 1. The summed E-state index contributed by atoms with van der Waals surface area (Å²) >= 11 is 1.68. The van der Waals surface area contributed by atoms with E-state index in [1.165, 1.54) is 16.9 Å². The molecular formula is C24H25N5O3S. The van der Waals surface area contributed by atoms with Gasteiger partial charge in [0.1, 0.15) is 16.3 Å². The number of amides is 1. The molecule has 0 atom stereocenters. The van der Waals surface area contributed by atoms with Crippen molar-refractivity contribution in [1.29, 1.82) is 0 Å². The largest absolute Gasteiger partial charge is 0.356 e. The molecule has 0 radical (unpaired) electrons. The number of benzene rings is 1. The first-order valence-electron chi connectivity index (χ1n) is 11.5. The fourth-order valence-corrected chi connectivity index (χ4v) is 6.25. The molecule has 1 fully saturated rings. The van der Waals surface area contributed by atoms with Crippen LogP contribution < -0.4 is 5.56 Å². The molecule has 1 aliphatic carbocycles. The van der Waals surface area contributed by atoms with Gasteiger partial charge in [0.15, 0.2) is 5.58 Å². The van der Waals surface area contributed by atoms with Crippen molar-refractivity contribution in [2.45, 2.75) is 38.6 Å². The molecular weight excluding hydrogens is 438 g/mol. The number of hydrogen-bond donors (Lipinski definition) is 1. The Hall–Kier alpha value is -3.04. The molecule has 1 saturated heterocycles. The van der Waals surface area contributed by atoms with Gasteiger partial charge < -0.3 is 14.4 Å². The summed E-state index contributed by atoms with van der Waals surface area (Å²) in [6, 6.07) is 7.61. The summed E-state index contributed by atoms with van der Waals surface area (Å²) in [5.41, 5.74) is 2.60. The number of aryl methyl sites for hydroxylation is 2. The minimum atomic E-state index is -0.0111. The van der Waals surface area contributed by atoms with E-state index in [4.69, 9.17) is 9.51 Å². The van der Waals surface area contributed by atoms with E-state index < -0.39 is 0 Å². The van der Waals surface area contributed by atoms with Crippen molar-refractivity contribution in [3.8, 4) is 0 Å². The SMILES string of the molecule is O=C(Cc1noc2ccccc12)N1CCN(Cc2nc3sc4c(c3c(=O)[nH]2)CCCC4)CC1. The van der Waals surface area contributed by atoms with E-state index in [0.29, 0.717) is 36.7 Å². The number of fused-ring (bicyclic) bond motifs is 4. The summed E-state index contributed by atoms with van der Waals surface area (Å²) in [5, 5.41) is 5.78. The van der Waals surface area contributed by atoms with Gasteiger partial charge in [-0.15, -0.1) is 11.3 Å². The molecule has 8 nitrogen and oxygen atoms in total. The van der Waals surface area contributed by atoms with Crippen molar-refractivity contribution >= 4 is 38.4 Å². The highest BCUT2D eigenvalue weighted by Gasteiger charge is 2.24. The molecule has 9 heteroatoms. The van der Waals surface area contributed by atoms with Crippen molar-refractivity contribution in [3.63, 3.8) is 0 Å². The Balaban J connectivity index is 1.10. The van der Waals surface area contributed by atoms with E-state index in [1.54, 1.807) is 11.3 Å². The van der Waals surface area contributed by atoms with Crippen LogP contribution in [0, 0.1) is 0 Å². The topological polar surface area (TPSA) is 95.3 Å². The molecule has 6 rings (SSSR count). The maximum absolute atomic E-state index is 12.8. The van der Waals surface area contributed by atoms with Crippen LogP contribution in [-0.2, 0) is 30.6 Å². The Morgan fingerprint density at radius 2 is 1.94 bits per heavy atom. The molecule has 0 saturated carbocycles. The number of thiophene rings is 1. The highest BCUT2D eigenvalue weighted by molar-refractivity contribution is 7.18. The van der Waals surface area contributed by atoms with Gasteiger partial charge in [-0.25, -0.2) is 4.98 Å². The number of aromatic amines is 1. The second kappa shape index (κ2) is 8.39. The van der Waals surface area contributed by atoms with Crippen LogP contribution in [0.4, 0.5) is 0 Å². The number of aromatic nitrogens is 3. The lowest BCUT2D eigenvalue weighted by atomic mass is 9.97. The van der Waals surface area contributed by atoms with Gasteiger partial charge in [0.05, 0.1) is 18.4 Å². The Labute approximate surface area is 194 Å². The van der Waals surface area contributed by atoms with Crippen molar-refractivity contribution in [3.05, 3.63) is 56.6 Å². The monoisotopic (exact) mass is 463 g/mol. The summed E-state index contributed by atoms with van der Waals surface area (Å²) in [7, 11) is 0. The normalized spacial score (nSPS) is 17.0. The molecule has 1 N–H and O–H groups in total. The van der Waals surface area contributed by atoms with Gasteiger partial charge in [-0.2, -0.15) is 0 Å². The van der Waals surface area contributed by atoms with Crippen LogP contribution in [0.3, 0.4) is 0 Å². The Kier molecular flexibility index (Phi) is 5.22. The van der Waals surface area contributed by atoms with Gasteiger partial charge in [0.25, 0.3) is 5.56 Å². The summed E-state index contributed by atoms with van der Waals surface area (Å²) in [4.78, 5) is 39.7. The molecule has 170 valence electrons. The molecule has 1 aromatic carbocycles. The van der Waals surface area contributed by atoms with Crippen LogP contribution in [0.15, 0.2) is 33.6 Å². The fraction of sp³-hybridized carbons (Fsp3) is 0.417. The average molecular weight is 464 g/mol. The third-order valence-corrected chi connectivity index (χ3v) is 7.93. The molecule has 2 aliphatic rings. The Morgan fingerprint density at radius 1 is 1.12 bits per heavy atom. The number of H-pyrrole nitrogens is 1. The Bertz CT molecular complexity index is 1400. The summed E-state index contributed by atoms with van der Waals surface area (Å²) < 4.78 is 5.32. The quantitative estimate of drug-likeness (QED) is 0.500. The van der Waals surface area contributed by atoms with E-state index in [0.717, 1.165) is 48.0 Å². The predicted molar refractivity (Wildman–Crippen MR) is 126 cm³/mol. The lowest BCUT2D eigenvalue weighted by Gasteiger charge is -2.34. The maximum Gasteiger partial charge on any atom is 0.259 e. The van der Waals surface area contributed by atoms with E-state index in [9.17, 15) is 9.59 Å². The summed E-state index contributed by atoms with van der Waals surface area (Å²) in [6.07, 6.45) is 4.63. The predicted octanol–water partition coefficient (Wildman–Crippen LogP) is 2.89. The van der Waals surface area contributed by atoms with Crippen LogP contribution in [-0.4, -0.2) is 57.0 Å². The van der Waals surface area contributed by atoms with Crippen molar-refractivity contribution in [1.82, 2.24) is 24.9 Å². The number of rotatable bonds is 4. The first-order valence-corrected chi connectivity index (χ1v) is 12.3. The molecule has 0 unspecified atom stereocenters. The molecule has 1 amide bonds. The van der Waals surface area contributed by atoms with Gasteiger partial charge in [-0.05, 0) is 43.4 Å². The van der Waals surface area contributed by atoms with Gasteiger partial charge >= 0.3 is 0 Å². The van der Waals surface area contributed by atoms with Gasteiger partial charge in [-0.3, -0.25) is 14.5 Å². The van der Waals surface area contributed by atoms with Crippen molar-refractivity contribution in [2.75, 3.05) is 26.2 Å². The summed E-state index contributed by atoms with van der Waals surface area (Å²) in [5.74, 6) is 0.769. The van der Waals surface area contributed by atoms with E-state index in [1.807, 2.05) is 29.2 Å². The van der Waals surface area contributed by atoms with E-state index >= 15 is 0 Å². The Morgan fingerprint density at radius 3 is 2.82 bits per heavy atom. The first kappa shape index (κ1) is 20.6. The van der Waals surface area contributed by atoms with E-state index in [2.05, 4.69) is 15.0 Å². The second-order valence-corrected chi connectivity index (χ2v) is 9.95. The van der Waals surface area contributed by atoms with Gasteiger partial charge in [-0.1, -0.05) is 17.3 Å². The van der Waals surface area contributed by atoms with Crippen LogP contribution in [0.2, 0.25) is 0 Å². The number of para-hydroxylation sites is 1. The number of carbonyl (C=O) groups excluding carboxylic acids is 1. The van der Waals surface area contributed by atoms with Crippen molar-refractivity contribution in [2.24, 2.45) is 0 Å². The highest BCUT2D eigenvalue weighted by Crippen LogP contribution is 2.33. The third kappa shape index (κ3) is 3.85. The minimum Gasteiger partial charge on any atom is -0.356 e. The second-order valence-electron chi connectivity index (χ2n) is 8.86. The average Bonchev–Trinajstić information content (AvgIpc) is 3.41. The molecule has 0 spiro atoms. The molecule has 1 aliphatic heterocycles. The van der Waals surface area contributed by atoms with Gasteiger partial charge in [0.2, 0.25) is 5.91 Å². The minimum absolute atomic E-state index is 0.0111.